The Morgan fingerprint density at radius 1 is 1.10 bits per heavy atom. The lowest BCUT2D eigenvalue weighted by molar-refractivity contribution is 0.164. The number of piperidine rings is 1. The number of benzene rings is 1. The van der Waals surface area contributed by atoms with Gasteiger partial charge in [-0.15, -0.1) is 0 Å². The molecule has 0 bridgehead atoms. The quantitative estimate of drug-likeness (QED) is 0.566. The summed E-state index contributed by atoms with van der Waals surface area (Å²) in [6.45, 7) is 2.90. The van der Waals surface area contributed by atoms with Gasteiger partial charge in [-0.05, 0) is 55.6 Å². The third-order valence-corrected chi connectivity index (χ3v) is 6.07. The first-order chi connectivity index (χ1) is 14.6. The Morgan fingerprint density at radius 3 is 2.73 bits per heavy atom. The van der Waals surface area contributed by atoms with Gasteiger partial charge in [0.1, 0.15) is 5.65 Å². The van der Waals surface area contributed by atoms with Crippen LogP contribution in [0.2, 0.25) is 0 Å². The molecule has 1 aromatic carbocycles. The highest BCUT2D eigenvalue weighted by Crippen LogP contribution is 2.28. The summed E-state index contributed by atoms with van der Waals surface area (Å²) in [6.07, 6.45) is 5.99. The summed E-state index contributed by atoms with van der Waals surface area (Å²) in [5.41, 5.74) is 4.28. The molecule has 0 spiro atoms. The molecule has 1 aliphatic heterocycles. The van der Waals surface area contributed by atoms with Crippen LogP contribution >= 0.6 is 0 Å². The normalized spacial score (nSPS) is 15.9. The largest absolute Gasteiger partial charge is 0.395 e. The number of aryl methyl sites for hydroxylation is 1. The van der Waals surface area contributed by atoms with Crippen LogP contribution in [0.3, 0.4) is 0 Å². The van der Waals surface area contributed by atoms with Crippen LogP contribution in [0.5, 0.6) is 0 Å². The molecule has 1 aliphatic rings. The number of nitrogens with zero attached hydrogens (tertiary/aromatic N) is 5. The highest BCUT2D eigenvalue weighted by Gasteiger charge is 2.21. The second-order valence-corrected chi connectivity index (χ2v) is 8.09. The molecule has 0 atom stereocenters. The van der Waals surface area contributed by atoms with Crippen LogP contribution in [0.15, 0.2) is 53.6 Å². The summed E-state index contributed by atoms with van der Waals surface area (Å²) in [5.74, 6) is 0.434. The van der Waals surface area contributed by atoms with Crippen LogP contribution in [-0.4, -0.2) is 55.4 Å². The molecule has 0 radical (unpaired) electrons. The molecule has 4 heterocycles. The van der Waals surface area contributed by atoms with Gasteiger partial charge < -0.3 is 10.0 Å². The molecule has 1 fully saturated rings. The lowest BCUT2D eigenvalue weighted by atomic mass is 9.90. The van der Waals surface area contributed by atoms with Crippen molar-refractivity contribution >= 4 is 16.6 Å². The molecule has 7 heteroatoms. The van der Waals surface area contributed by atoms with Gasteiger partial charge in [0, 0.05) is 43.0 Å². The van der Waals surface area contributed by atoms with Crippen molar-refractivity contribution in [2.45, 2.75) is 18.8 Å². The van der Waals surface area contributed by atoms with Gasteiger partial charge >= 0.3 is 0 Å². The van der Waals surface area contributed by atoms with Gasteiger partial charge in [0.05, 0.1) is 17.8 Å². The Labute approximate surface area is 174 Å². The van der Waals surface area contributed by atoms with E-state index in [1.807, 2.05) is 43.7 Å². The first-order valence-electron chi connectivity index (χ1n) is 10.4. The summed E-state index contributed by atoms with van der Waals surface area (Å²) in [6, 6.07) is 11.6. The summed E-state index contributed by atoms with van der Waals surface area (Å²) in [4.78, 5) is 19.9. The Hall–Kier alpha value is -3.03. The SMILES string of the molecule is Cn1cc2cc(-c3cc(=O)n4cc(C5CCN(CCO)CC5)ccc4n3)ccc2n1. The number of fused-ring (bicyclic) bond motifs is 2. The van der Waals surface area contributed by atoms with Crippen molar-refractivity contribution in [3.8, 4) is 11.3 Å². The zero-order valence-electron chi connectivity index (χ0n) is 17.0. The van der Waals surface area contributed by atoms with Crippen molar-refractivity contribution in [3.05, 3.63) is 64.7 Å². The lowest BCUT2D eigenvalue weighted by Gasteiger charge is -2.31. The third-order valence-electron chi connectivity index (χ3n) is 6.07. The van der Waals surface area contributed by atoms with Gasteiger partial charge in [0.2, 0.25) is 0 Å². The highest BCUT2D eigenvalue weighted by atomic mass is 16.3. The van der Waals surface area contributed by atoms with E-state index in [2.05, 4.69) is 16.1 Å². The van der Waals surface area contributed by atoms with Crippen LogP contribution in [0.4, 0.5) is 0 Å². The molecule has 3 aromatic heterocycles. The molecule has 1 saturated heterocycles. The van der Waals surface area contributed by atoms with E-state index in [9.17, 15) is 4.79 Å². The van der Waals surface area contributed by atoms with Crippen molar-refractivity contribution in [1.82, 2.24) is 24.1 Å². The standard InChI is InChI=1S/C23H25N5O2/c1-26-14-19-12-17(2-4-20(19)25-26)21-13-23(30)28-15-18(3-5-22(28)24-21)16-6-8-27(9-7-16)10-11-29/h2-5,12-16,29H,6-11H2,1H3. The maximum absolute atomic E-state index is 12.9. The average molecular weight is 403 g/mol. The van der Waals surface area contributed by atoms with E-state index >= 15 is 0 Å². The predicted octanol–water partition coefficient (Wildman–Crippen LogP) is 2.42. The number of aromatic nitrogens is 4. The van der Waals surface area contributed by atoms with E-state index in [4.69, 9.17) is 10.1 Å². The highest BCUT2D eigenvalue weighted by molar-refractivity contribution is 5.83. The van der Waals surface area contributed by atoms with Gasteiger partial charge in [-0.2, -0.15) is 5.10 Å². The minimum absolute atomic E-state index is 0.0687. The summed E-state index contributed by atoms with van der Waals surface area (Å²) in [7, 11) is 1.90. The average Bonchev–Trinajstić information content (AvgIpc) is 3.13. The monoisotopic (exact) mass is 403 g/mol. The Balaban J connectivity index is 1.46. The van der Waals surface area contributed by atoms with E-state index in [1.165, 1.54) is 5.56 Å². The van der Waals surface area contributed by atoms with E-state index in [0.29, 0.717) is 17.3 Å². The van der Waals surface area contributed by atoms with Gasteiger partial charge in [-0.25, -0.2) is 4.98 Å². The van der Waals surface area contributed by atoms with Crippen molar-refractivity contribution in [2.75, 3.05) is 26.2 Å². The summed E-state index contributed by atoms with van der Waals surface area (Å²) < 4.78 is 3.44. The molecule has 30 heavy (non-hydrogen) atoms. The number of aliphatic hydroxyl groups is 1. The van der Waals surface area contributed by atoms with Crippen molar-refractivity contribution in [2.24, 2.45) is 7.05 Å². The molecular weight excluding hydrogens is 378 g/mol. The second-order valence-electron chi connectivity index (χ2n) is 8.09. The minimum Gasteiger partial charge on any atom is -0.395 e. The fourth-order valence-electron chi connectivity index (χ4n) is 4.45. The molecule has 7 nitrogen and oxygen atoms in total. The zero-order valence-corrected chi connectivity index (χ0v) is 17.0. The van der Waals surface area contributed by atoms with Crippen molar-refractivity contribution in [3.63, 3.8) is 0 Å². The number of likely N-dealkylation sites (tertiary alicyclic amines) is 1. The first-order valence-corrected chi connectivity index (χ1v) is 10.4. The molecule has 1 N–H and O–H groups in total. The van der Waals surface area contributed by atoms with Gasteiger partial charge in [0.15, 0.2) is 0 Å². The van der Waals surface area contributed by atoms with Gasteiger partial charge in [-0.3, -0.25) is 13.9 Å². The zero-order chi connectivity index (χ0) is 20.7. The molecular formula is C23H25N5O2. The van der Waals surface area contributed by atoms with Crippen LogP contribution < -0.4 is 5.56 Å². The van der Waals surface area contributed by atoms with E-state index in [0.717, 1.165) is 48.9 Å². The fourth-order valence-corrected chi connectivity index (χ4v) is 4.45. The fraction of sp³-hybridized carbons (Fsp3) is 0.348. The molecule has 0 saturated carbocycles. The molecule has 154 valence electrons. The first kappa shape index (κ1) is 19.0. The number of rotatable bonds is 4. The van der Waals surface area contributed by atoms with Crippen molar-refractivity contribution < 1.29 is 5.11 Å². The number of hydrogen-bond acceptors (Lipinski definition) is 5. The third kappa shape index (κ3) is 3.51. The van der Waals surface area contributed by atoms with Gasteiger partial charge in [0.25, 0.3) is 5.56 Å². The number of hydrogen-bond donors (Lipinski definition) is 1. The topological polar surface area (TPSA) is 75.7 Å². The smallest absolute Gasteiger partial charge is 0.258 e. The van der Waals surface area contributed by atoms with Gasteiger partial charge in [-0.1, -0.05) is 12.1 Å². The maximum Gasteiger partial charge on any atom is 0.258 e. The van der Waals surface area contributed by atoms with Crippen LogP contribution in [-0.2, 0) is 7.05 Å². The summed E-state index contributed by atoms with van der Waals surface area (Å²) >= 11 is 0. The molecule has 0 amide bonds. The van der Waals surface area contributed by atoms with Crippen molar-refractivity contribution in [1.29, 1.82) is 0 Å². The van der Waals surface area contributed by atoms with E-state index in [1.54, 1.807) is 15.1 Å². The predicted molar refractivity (Wildman–Crippen MR) is 117 cm³/mol. The minimum atomic E-state index is -0.0687. The van der Waals surface area contributed by atoms with Crippen LogP contribution in [0.25, 0.3) is 27.8 Å². The van der Waals surface area contributed by atoms with E-state index < -0.39 is 0 Å². The molecule has 0 unspecified atom stereocenters. The Bertz CT molecular complexity index is 1270. The molecule has 0 aliphatic carbocycles. The number of aliphatic hydroxyl groups excluding tert-OH is 1. The summed E-state index contributed by atoms with van der Waals surface area (Å²) in [5, 5.41) is 14.5. The van der Waals surface area contributed by atoms with Crippen LogP contribution in [0, 0.1) is 0 Å². The second kappa shape index (κ2) is 7.66. The van der Waals surface area contributed by atoms with Crippen LogP contribution in [0.1, 0.15) is 24.3 Å². The lowest BCUT2D eigenvalue weighted by Crippen LogP contribution is -2.35. The number of β-amino-alcohol motifs (C(OH)–C–C–N with tert-alkyl or cyclic N) is 1. The Kier molecular flexibility index (Phi) is 4.84. The maximum atomic E-state index is 12.9. The van der Waals surface area contributed by atoms with E-state index in [-0.39, 0.29) is 12.2 Å². The molecule has 4 aromatic rings. The number of pyridine rings is 1. The molecule has 5 rings (SSSR count). The Morgan fingerprint density at radius 2 is 1.93 bits per heavy atom.